The van der Waals surface area contributed by atoms with Gasteiger partial charge in [0.1, 0.15) is 11.6 Å². The van der Waals surface area contributed by atoms with Crippen LogP contribution in [0.2, 0.25) is 0 Å². The van der Waals surface area contributed by atoms with Gasteiger partial charge in [0.2, 0.25) is 5.91 Å². The van der Waals surface area contributed by atoms with Crippen molar-refractivity contribution >= 4 is 11.7 Å². The summed E-state index contributed by atoms with van der Waals surface area (Å²) in [6.45, 7) is 8.64. The van der Waals surface area contributed by atoms with E-state index in [0.29, 0.717) is 18.9 Å². The highest BCUT2D eigenvalue weighted by molar-refractivity contribution is 5.87. The zero-order valence-electron chi connectivity index (χ0n) is 20.4. The molecule has 1 aliphatic rings. The largest absolute Gasteiger partial charge is 0.353 e. The quantitative estimate of drug-likeness (QED) is 0.444. The van der Waals surface area contributed by atoms with Gasteiger partial charge in [-0.25, -0.2) is 14.6 Å². The van der Waals surface area contributed by atoms with Gasteiger partial charge in [0, 0.05) is 37.9 Å². The molecule has 0 unspecified atom stereocenters. The fourth-order valence-electron chi connectivity index (χ4n) is 4.77. The van der Waals surface area contributed by atoms with Crippen LogP contribution in [0.4, 0.5) is 5.82 Å². The van der Waals surface area contributed by atoms with Crippen molar-refractivity contribution in [3.05, 3.63) is 101 Å². The van der Waals surface area contributed by atoms with E-state index in [4.69, 9.17) is 0 Å². The van der Waals surface area contributed by atoms with Crippen molar-refractivity contribution in [2.75, 3.05) is 31.1 Å². The van der Waals surface area contributed by atoms with Crippen LogP contribution in [0.15, 0.2) is 72.8 Å². The van der Waals surface area contributed by atoms with Gasteiger partial charge in [-0.05, 0) is 38.0 Å². The van der Waals surface area contributed by atoms with Gasteiger partial charge >= 0.3 is 0 Å². The van der Waals surface area contributed by atoms with Crippen LogP contribution in [-0.4, -0.2) is 56.7 Å². The Morgan fingerprint density at radius 1 is 0.771 bits per heavy atom. The number of aromatic nitrogens is 4. The van der Waals surface area contributed by atoms with Crippen molar-refractivity contribution < 1.29 is 4.79 Å². The van der Waals surface area contributed by atoms with Gasteiger partial charge in [-0.1, -0.05) is 60.7 Å². The number of carbonyl (C=O) groups is 1. The van der Waals surface area contributed by atoms with Crippen LogP contribution in [0, 0.1) is 20.8 Å². The normalized spacial score (nSPS) is 13.9. The van der Waals surface area contributed by atoms with E-state index in [1.165, 1.54) is 0 Å². The number of piperazine rings is 1. The first kappa shape index (κ1) is 22.8. The molecule has 0 N–H and O–H groups in total. The Labute approximate surface area is 206 Å². The summed E-state index contributed by atoms with van der Waals surface area (Å²) < 4.78 is 1.86. The second kappa shape index (κ2) is 9.70. The molecule has 0 saturated carbocycles. The highest BCUT2D eigenvalue weighted by Crippen LogP contribution is 2.28. The molecule has 0 atom stereocenters. The molecule has 1 fully saturated rings. The molecule has 0 bridgehead atoms. The van der Waals surface area contributed by atoms with E-state index in [1.54, 1.807) is 0 Å². The first-order valence-corrected chi connectivity index (χ1v) is 12.0. The average Bonchev–Trinajstić information content (AvgIpc) is 3.23. The third-order valence-electron chi connectivity index (χ3n) is 6.47. The van der Waals surface area contributed by atoms with Gasteiger partial charge in [-0.15, -0.1) is 0 Å². The fourth-order valence-corrected chi connectivity index (χ4v) is 4.77. The van der Waals surface area contributed by atoms with Gasteiger partial charge in [-0.3, -0.25) is 4.79 Å². The van der Waals surface area contributed by atoms with E-state index in [0.717, 1.165) is 47.2 Å². The number of rotatable bonds is 5. The number of nitrogens with zero attached hydrogens (tertiary/aromatic N) is 6. The minimum absolute atomic E-state index is 0.143. The maximum Gasteiger partial charge on any atom is 0.234 e. The fraction of sp³-hybridized carbons (Fsp3) is 0.286. The highest BCUT2D eigenvalue weighted by atomic mass is 16.2. The molecule has 0 spiro atoms. The summed E-state index contributed by atoms with van der Waals surface area (Å²) in [6.07, 6.45) is 0. The smallest absolute Gasteiger partial charge is 0.234 e. The monoisotopic (exact) mass is 466 g/mol. The summed E-state index contributed by atoms with van der Waals surface area (Å²) in [4.78, 5) is 27.3. The molecule has 35 heavy (non-hydrogen) atoms. The van der Waals surface area contributed by atoms with Crippen LogP contribution in [0.5, 0.6) is 0 Å². The van der Waals surface area contributed by atoms with E-state index in [1.807, 2.05) is 103 Å². The molecule has 5 rings (SSSR count). The number of benzene rings is 2. The second-order valence-corrected chi connectivity index (χ2v) is 9.04. The van der Waals surface area contributed by atoms with Gasteiger partial charge in [0.05, 0.1) is 11.6 Å². The lowest BCUT2D eigenvalue weighted by molar-refractivity contribution is -0.132. The molecule has 3 heterocycles. The Morgan fingerprint density at radius 3 is 1.89 bits per heavy atom. The van der Waals surface area contributed by atoms with Crippen LogP contribution in [0.3, 0.4) is 0 Å². The number of carbonyl (C=O) groups excluding carboxylic acids is 1. The molecule has 0 radical (unpaired) electrons. The second-order valence-electron chi connectivity index (χ2n) is 9.04. The molecular formula is C28H30N6O. The molecule has 0 aliphatic carbocycles. The maximum absolute atomic E-state index is 13.7. The van der Waals surface area contributed by atoms with Crippen LogP contribution < -0.4 is 4.90 Å². The van der Waals surface area contributed by atoms with Crippen LogP contribution in [-0.2, 0) is 4.79 Å². The number of hydrogen-bond acceptors (Lipinski definition) is 5. The van der Waals surface area contributed by atoms with E-state index in [9.17, 15) is 4.79 Å². The Kier molecular flexibility index (Phi) is 6.31. The van der Waals surface area contributed by atoms with Crippen molar-refractivity contribution in [3.8, 4) is 5.82 Å². The van der Waals surface area contributed by atoms with Crippen LogP contribution >= 0.6 is 0 Å². The summed E-state index contributed by atoms with van der Waals surface area (Å²) in [5.41, 5.74) is 4.04. The molecule has 2 aromatic heterocycles. The van der Waals surface area contributed by atoms with E-state index < -0.39 is 0 Å². The Bertz CT molecular complexity index is 1270. The third-order valence-corrected chi connectivity index (χ3v) is 6.47. The molecular weight excluding hydrogens is 436 g/mol. The van der Waals surface area contributed by atoms with Gasteiger partial charge in [-0.2, -0.15) is 5.10 Å². The lowest BCUT2D eigenvalue weighted by atomic mass is 9.90. The van der Waals surface area contributed by atoms with E-state index in [2.05, 4.69) is 20.0 Å². The molecule has 1 aliphatic heterocycles. The van der Waals surface area contributed by atoms with Crippen molar-refractivity contribution in [2.45, 2.75) is 26.7 Å². The number of anilines is 1. The average molecular weight is 467 g/mol. The topological polar surface area (TPSA) is 67.2 Å². The minimum atomic E-state index is -0.303. The zero-order chi connectivity index (χ0) is 24.4. The molecule has 7 nitrogen and oxygen atoms in total. The van der Waals surface area contributed by atoms with Crippen LogP contribution in [0.1, 0.15) is 34.3 Å². The molecule has 7 heteroatoms. The Morgan fingerprint density at radius 2 is 1.34 bits per heavy atom. The van der Waals surface area contributed by atoms with Gasteiger partial charge in [0.15, 0.2) is 5.82 Å². The zero-order valence-corrected chi connectivity index (χ0v) is 20.4. The summed E-state index contributed by atoms with van der Waals surface area (Å²) in [5, 5.41) is 4.58. The predicted octanol–water partition coefficient (Wildman–Crippen LogP) is 4.07. The first-order chi connectivity index (χ1) is 17.0. The molecule has 4 aromatic rings. The van der Waals surface area contributed by atoms with Gasteiger partial charge < -0.3 is 9.80 Å². The van der Waals surface area contributed by atoms with E-state index in [-0.39, 0.29) is 11.8 Å². The molecule has 2 aromatic carbocycles. The summed E-state index contributed by atoms with van der Waals surface area (Å²) >= 11 is 0. The summed E-state index contributed by atoms with van der Waals surface area (Å²) in [6, 6.07) is 24.1. The third kappa shape index (κ3) is 4.80. The number of hydrogen-bond donors (Lipinski definition) is 0. The Hall–Kier alpha value is -4.00. The lowest BCUT2D eigenvalue weighted by Gasteiger charge is -2.37. The van der Waals surface area contributed by atoms with Crippen molar-refractivity contribution in [2.24, 2.45) is 0 Å². The SMILES string of the molecule is Cc1cc(C)n(-c2cc(N3CCN(C(=O)C(c4ccccc4)c4ccccc4)CC3)nc(C)n2)n1. The summed E-state index contributed by atoms with van der Waals surface area (Å²) in [7, 11) is 0. The Balaban J connectivity index is 1.35. The van der Waals surface area contributed by atoms with Crippen LogP contribution in [0.25, 0.3) is 5.82 Å². The molecule has 1 amide bonds. The first-order valence-electron chi connectivity index (χ1n) is 12.0. The van der Waals surface area contributed by atoms with Gasteiger partial charge in [0.25, 0.3) is 0 Å². The van der Waals surface area contributed by atoms with E-state index >= 15 is 0 Å². The highest BCUT2D eigenvalue weighted by Gasteiger charge is 2.30. The standard InChI is InChI=1S/C28H30N6O/c1-20-18-21(2)34(31-20)26-19-25(29-22(3)30-26)32-14-16-33(17-15-32)28(35)27(23-10-6-4-7-11-23)24-12-8-5-9-13-24/h4-13,18-19,27H,14-17H2,1-3H3. The van der Waals surface area contributed by atoms with Crippen molar-refractivity contribution in [1.82, 2.24) is 24.6 Å². The van der Waals surface area contributed by atoms with Crippen molar-refractivity contribution in [1.29, 1.82) is 0 Å². The minimum Gasteiger partial charge on any atom is -0.353 e. The number of aryl methyl sites for hydroxylation is 3. The molecule has 1 saturated heterocycles. The summed E-state index contributed by atoms with van der Waals surface area (Å²) in [5.74, 6) is 2.18. The molecule has 178 valence electrons. The maximum atomic E-state index is 13.7. The van der Waals surface area contributed by atoms with Crippen molar-refractivity contribution in [3.63, 3.8) is 0 Å². The number of amides is 1. The predicted molar refractivity (Wildman–Crippen MR) is 137 cm³/mol. The lowest BCUT2D eigenvalue weighted by Crippen LogP contribution is -2.50.